The third-order valence-corrected chi connectivity index (χ3v) is 9.00. The number of nitrogens with one attached hydrogen (secondary N) is 1. The van der Waals surface area contributed by atoms with Crippen molar-refractivity contribution in [2.75, 3.05) is 24.5 Å². The van der Waals surface area contributed by atoms with Gasteiger partial charge in [0.2, 0.25) is 11.6 Å². The Morgan fingerprint density at radius 2 is 2.09 bits per heavy atom. The van der Waals surface area contributed by atoms with Gasteiger partial charge in [-0.2, -0.15) is 0 Å². The fraction of sp³-hybridized carbons (Fsp3) is 0.615. The molecule has 34 heavy (non-hydrogen) atoms. The second-order valence-corrected chi connectivity index (χ2v) is 12.4. The molecule has 182 valence electrons. The monoisotopic (exact) mass is 578 g/mol. The van der Waals surface area contributed by atoms with Gasteiger partial charge in [-0.25, -0.2) is 4.39 Å². The molecule has 1 amide bonds. The number of pyridine rings is 1. The van der Waals surface area contributed by atoms with Crippen molar-refractivity contribution in [3.63, 3.8) is 0 Å². The summed E-state index contributed by atoms with van der Waals surface area (Å²) < 4.78 is 15.0. The molecule has 1 N–H and O–H groups in total. The normalized spacial score (nSPS) is 30.9. The van der Waals surface area contributed by atoms with Gasteiger partial charge in [0.05, 0.1) is 6.20 Å². The number of piperidine rings is 1. The summed E-state index contributed by atoms with van der Waals surface area (Å²) in [6.45, 7) is 9.21. The number of aromatic nitrogens is 2. The maximum Gasteiger partial charge on any atom is 0.379 e. The summed E-state index contributed by atoms with van der Waals surface area (Å²) >= 11 is 2.00. The van der Waals surface area contributed by atoms with E-state index in [0.717, 1.165) is 43.6 Å². The van der Waals surface area contributed by atoms with Crippen LogP contribution < -0.4 is 15.3 Å². The van der Waals surface area contributed by atoms with Gasteiger partial charge in [-0.15, -0.1) is 0 Å². The summed E-state index contributed by atoms with van der Waals surface area (Å²) in [5.41, 5.74) is 3.18. The maximum absolute atomic E-state index is 14.1. The highest BCUT2D eigenvalue weighted by Gasteiger charge is 2.35. The Balaban J connectivity index is 1.20. The summed E-state index contributed by atoms with van der Waals surface area (Å²) in [6.07, 6.45) is 12.5. The Morgan fingerprint density at radius 3 is 2.82 bits per heavy atom. The molecule has 2 aromatic rings. The molecule has 3 fully saturated rings. The van der Waals surface area contributed by atoms with Crippen molar-refractivity contribution < 1.29 is 14.3 Å². The number of alkyl halides is 2. The molecule has 0 aromatic carbocycles. The Bertz CT molecular complexity index is 1060. The average molecular weight is 578 g/mol. The number of nitrogens with zero attached hydrogens (tertiary/aromatic N) is 4. The van der Waals surface area contributed by atoms with Gasteiger partial charge in [0.15, 0.2) is 9.19 Å². The van der Waals surface area contributed by atoms with Crippen LogP contribution in [0.15, 0.2) is 30.7 Å². The molecule has 2 aliphatic heterocycles. The molecular formula is C26H34FIN5O+. The number of likely N-dealkylation sites (tertiary alicyclic amines) is 1. The van der Waals surface area contributed by atoms with Gasteiger partial charge in [0, 0.05) is 25.6 Å². The maximum atomic E-state index is 14.1. The smallest absolute Gasteiger partial charge is 0.313 e. The van der Waals surface area contributed by atoms with Crippen molar-refractivity contribution in [1.82, 2.24) is 14.7 Å². The van der Waals surface area contributed by atoms with Crippen molar-refractivity contribution in [2.24, 2.45) is 11.8 Å². The van der Waals surface area contributed by atoms with Crippen molar-refractivity contribution in [3.8, 4) is 0 Å². The lowest BCUT2D eigenvalue weighted by Crippen LogP contribution is -2.44. The number of carbonyl (C=O) groups is 1. The zero-order chi connectivity index (χ0) is 23.9. The highest BCUT2D eigenvalue weighted by Crippen LogP contribution is 2.41. The fourth-order valence-corrected chi connectivity index (χ4v) is 6.52. The van der Waals surface area contributed by atoms with Crippen LogP contribution in [0.5, 0.6) is 0 Å². The van der Waals surface area contributed by atoms with E-state index in [9.17, 15) is 9.18 Å². The van der Waals surface area contributed by atoms with Gasteiger partial charge in [-0.1, -0.05) is 6.58 Å². The molecular weight excluding hydrogens is 544 g/mol. The number of halogens is 2. The van der Waals surface area contributed by atoms with Crippen LogP contribution in [0, 0.1) is 18.0 Å². The first kappa shape index (κ1) is 23.9. The van der Waals surface area contributed by atoms with Crippen LogP contribution in [0.25, 0.3) is 5.52 Å². The van der Waals surface area contributed by atoms with Crippen LogP contribution in [0.1, 0.15) is 57.4 Å². The lowest BCUT2D eigenvalue weighted by molar-refractivity contribution is -0.389. The lowest BCUT2D eigenvalue weighted by Gasteiger charge is -2.41. The zero-order valence-corrected chi connectivity index (χ0v) is 22.1. The van der Waals surface area contributed by atoms with E-state index in [4.69, 9.17) is 0 Å². The molecule has 4 heterocycles. The van der Waals surface area contributed by atoms with Crippen LogP contribution in [-0.4, -0.2) is 44.7 Å². The second kappa shape index (κ2) is 9.65. The first-order valence-corrected chi connectivity index (χ1v) is 13.6. The topological polar surface area (TPSA) is 54.1 Å². The number of anilines is 1. The Morgan fingerprint density at radius 1 is 1.29 bits per heavy atom. The Kier molecular flexibility index (Phi) is 6.77. The molecule has 2 saturated heterocycles. The second-order valence-electron chi connectivity index (χ2n) is 10.5. The number of amides is 1. The van der Waals surface area contributed by atoms with E-state index in [0.29, 0.717) is 49.5 Å². The number of rotatable bonds is 5. The molecule has 0 unspecified atom stereocenters. The van der Waals surface area contributed by atoms with E-state index in [-0.39, 0.29) is 5.91 Å². The minimum Gasteiger partial charge on any atom is -0.313 e. The molecule has 3 aliphatic rings. The minimum absolute atomic E-state index is 0.00268. The molecule has 1 saturated carbocycles. The van der Waals surface area contributed by atoms with E-state index < -0.39 is 3.68 Å². The Hall–Kier alpha value is -1.86. The van der Waals surface area contributed by atoms with Gasteiger partial charge < -0.3 is 15.1 Å². The zero-order valence-electron chi connectivity index (χ0n) is 19.9. The minimum atomic E-state index is -0.976. The average Bonchev–Trinajstić information content (AvgIpc) is 3.20. The van der Waals surface area contributed by atoms with Crippen molar-refractivity contribution in [3.05, 3.63) is 42.5 Å². The molecule has 6 nitrogen and oxygen atoms in total. The van der Waals surface area contributed by atoms with E-state index >= 15 is 0 Å². The van der Waals surface area contributed by atoms with E-state index in [1.54, 1.807) is 0 Å². The molecule has 5 rings (SSSR count). The van der Waals surface area contributed by atoms with Gasteiger partial charge in [0.1, 0.15) is 10.9 Å². The predicted octanol–water partition coefficient (Wildman–Crippen LogP) is 4.07. The van der Waals surface area contributed by atoms with Crippen LogP contribution in [0.2, 0.25) is 0 Å². The third kappa shape index (κ3) is 5.20. The van der Waals surface area contributed by atoms with Crippen molar-refractivity contribution >= 4 is 39.7 Å². The van der Waals surface area contributed by atoms with Crippen molar-refractivity contribution in [2.45, 2.75) is 68.0 Å². The molecule has 1 aliphatic carbocycles. The molecule has 0 radical (unpaired) electrons. The predicted molar refractivity (Wildman–Crippen MR) is 138 cm³/mol. The first-order valence-electron chi connectivity index (χ1n) is 12.5. The van der Waals surface area contributed by atoms with Gasteiger partial charge in [0.25, 0.3) is 0 Å². The summed E-state index contributed by atoms with van der Waals surface area (Å²) in [5.74, 6) is 1.89. The summed E-state index contributed by atoms with van der Waals surface area (Å²) in [5, 5.41) is 7.20. The summed E-state index contributed by atoms with van der Waals surface area (Å²) in [7, 11) is 0. The lowest BCUT2D eigenvalue weighted by atomic mass is 9.84. The Labute approximate surface area is 215 Å². The third-order valence-electron chi connectivity index (χ3n) is 7.92. The van der Waals surface area contributed by atoms with E-state index in [1.807, 2.05) is 38.2 Å². The van der Waals surface area contributed by atoms with E-state index in [1.165, 1.54) is 18.4 Å². The quantitative estimate of drug-likeness (QED) is 0.430. The highest BCUT2D eigenvalue weighted by molar-refractivity contribution is 14.1. The van der Waals surface area contributed by atoms with Gasteiger partial charge >= 0.3 is 6.20 Å². The standard InChI is InChI=1S/C26H33FIN5O/c1-18-13-21(5-10-31(18)17-20-3-8-26(27,28)9-4-20)14-22-6-12-33-23(15-22)24(16-29-33)32-11-7-25(34)30-19(32)2/h6,12,15,18,20-21H,2-5,7-11,13-14,17H2,1H3/p+1/t18-,20?,21-,26?/m1/s1. The number of carbonyl (C=O) groups excluding carboxylic acids is 1. The largest absolute Gasteiger partial charge is 0.379 e. The van der Waals surface area contributed by atoms with Crippen LogP contribution in [0.4, 0.5) is 10.1 Å². The molecule has 8 heteroatoms. The van der Waals surface area contributed by atoms with E-state index in [2.05, 4.69) is 47.1 Å². The molecule has 0 spiro atoms. The van der Waals surface area contributed by atoms with Crippen LogP contribution in [0.3, 0.4) is 0 Å². The fourth-order valence-electron chi connectivity index (χ4n) is 5.89. The van der Waals surface area contributed by atoms with Crippen LogP contribution >= 0.6 is 22.6 Å². The van der Waals surface area contributed by atoms with Crippen molar-refractivity contribution in [1.29, 1.82) is 0 Å². The van der Waals surface area contributed by atoms with Gasteiger partial charge in [-0.3, -0.25) is 4.79 Å². The summed E-state index contributed by atoms with van der Waals surface area (Å²) in [4.78, 5) is 16.3. The SMILES string of the molecule is C=C1NC(=O)CCN1c1c#[n+]n2ccc(C[C@@H]3CCN(CC4CCC(F)(I)CC4)[C@H](C)C3)cc12. The highest BCUT2D eigenvalue weighted by atomic mass is 127. The first-order chi connectivity index (χ1) is 16.3. The number of hydrogen-bond acceptors (Lipinski definition) is 3. The van der Waals surface area contributed by atoms with Gasteiger partial charge in [-0.05, 0) is 115 Å². The summed E-state index contributed by atoms with van der Waals surface area (Å²) in [6, 6.07) is 4.95. The van der Waals surface area contributed by atoms with Crippen LogP contribution in [-0.2, 0) is 11.2 Å². The number of hydrogen-bond donors (Lipinski definition) is 1. The molecule has 0 bridgehead atoms. The number of fused-ring (bicyclic) bond motifs is 1. The molecule has 2 aromatic heterocycles. The molecule has 2 atom stereocenters.